The van der Waals surface area contributed by atoms with E-state index in [0.717, 1.165) is 10.0 Å². The first-order valence-corrected chi connectivity index (χ1v) is 6.47. The summed E-state index contributed by atoms with van der Waals surface area (Å²) in [6.45, 7) is 1.92. The normalized spacial score (nSPS) is 10.1. The van der Waals surface area contributed by atoms with E-state index in [1.54, 1.807) is 37.6 Å². The standard InChI is InChI=1S/C14H13BrN2O2/c1-9-3-4-12(19-2)11(7-9)14(18)17-13-8-10(15)5-6-16-13/h3-8H,1-2H3,(H,16,17,18). The van der Waals surface area contributed by atoms with E-state index in [1.165, 1.54) is 0 Å². The molecule has 2 rings (SSSR count). The van der Waals surface area contributed by atoms with Crippen LogP contribution in [0.2, 0.25) is 0 Å². The molecule has 0 radical (unpaired) electrons. The molecular weight excluding hydrogens is 308 g/mol. The third kappa shape index (κ3) is 3.32. The Kier molecular flexibility index (Phi) is 4.16. The molecule has 0 unspecified atom stereocenters. The van der Waals surface area contributed by atoms with Crippen LogP contribution in [0.25, 0.3) is 0 Å². The average molecular weight is 321 g/mol. The maximum atomic E-state index is 12.2. The molecule has 0 aliphatic heterocycles. The quantitative estimate of drug-likeness (QED) is 0.942. The van der Waals surface area contributed by atoms with Crippen molar-refractivity contribution in [1.29, 1.82) is 0 Å². The van der Waals surface area contributed by atoms with Gasteiger partial charge in [-0.3, -0.25) is 4.79 Å². The maximum absolute atomic E-state index is 12.2. The Labute approximate surface area is 119 Å². The summed E-state index contributed by atoms with van der Waals surface area (Å²) in [6.07, 6.45) is 1.62. The monoisotopic (exact) mass is 320 g/mol. The molecule has 1 heterocycles. The second-order valence-corrected chi connectivity index (χ2v) is 4.93. The van der Waals surface area contributed by atoms with Crippen molar-refractivity contribution in [2.24, 2.45) is 0 Å². The predicted molar refractivity (Wildman–Crippen MR) is 77.6 cm³/mol. The number of anilines is 1. The Bertz CT molecular complexity index is 614. The molecule has 1 N–H and O–H groups in total. The number of benzene rings is 1. The molecule has 5 heteroatoms. The number of carbonyl (C=O) groups excluding carboxylic acids is 1. The van der Waals surface area contributed by atoms with Gasteiger partial charge in [0.15, 0.2) is 0 Å². The summed E-state index contributed by atoms with van der Waals surface area (Å²) < 4.78 is 6.05. The van der Waals surface area contributed by atoms with Crippen molar-refractivity contribution in [3.05, 3.63) is 52.1 Å². The number of methoxy groups -OCH3 is 1. The van der Waals surface area contributed by atoms with E-state index in [-0.39, 0.29) is 5.91 Å². The number of ether oxygens (including phenoxy) is 1. The Balaban J connectivity index is 2.27. The lowest BCUT2D eigenvalue weighted by molar-refractivity contribution is 0.102. The Morgan fingerprint density at radius 3 is 2.79 bits per heavy atom. The van der Waals surface area contributed by atoms with Crippen molar-refractivity contribution in [3.63, 3.8) is 0 Å². The zero-order valence-corrected chi connectivity index (χ0v) is 12.2. The number of nitrogens with one attached hydrogen (secondary N) is 1. The predicted octanol–water partition coefficient (Wildman–Crippen LogP) is 3.41. The molecule has 1 amide bonds. The fraction of sp³-hybridized carbons (Fsp3) is 0.143. The van der Waals surface area contributed by atoms with Gasteiger partial charge < -0.3 is 10.1 Å². The second kappa shape index (κ2) is 5.84. The van der Waals surface area contributed by atoms with Crippen LogP contribution in [0.5, 0.6) is 5.75 Å². The van der Waals surface area contributed by atoms with Crippen LogP contribution in [0.15, 0.2) is 41.0 Å². The first-order valence-electron chi connectivity index (χ1n) is 5.67. The number of rotatable bonds is 3. The van der Waals surface area contributed by atoms with Gasteiger partial charge in [0.25, 0.3) is 5.91 Å². The van der Waals surface area contributed by atoms with Gasteiger partial charge >= 0.3 is 0 Å². The lowest BCUT2D eigenvalue weighted by atomic mass is 10.1. The zero-order chi connectivity index (χ0) is 13.8. The minimum Gasteiger partial charge on any atom is -0.496 e. The van der Waals surface area contributed by atoms with Crippen LogP contribution in [-0.4, -0.2) is 18.0 Å². The summed E-state index contributed by atoms with van der Waals surface area (Å²) in [5, 5.41) is 2.74. The van der Waals surface area contributed by atoms with E-state index >= 15 is 0 Å². The Hall–Kier alpha value is -1.88. The van der Waals surface area contributed by atoms with E-state index in [0.29, 0.717) is 17.1 Å². The molecule has 0 spiro atoms. The summed E-state index contributed by atoms with van der Waals surface area (Å²) in [6, 6.07) is 8.99. The fourth-order valence-electron chi connectivity index (χ4n) is 1.66. The summed E-state index contributed by atoms with van der Waals surface area (Å²) in [5.74, 6) is 0.784. The lowest BCUT2D eigenvalue weighted by Crippen LogP contribution is -2.14. The number of amides is 1. The van der Waals surface area contributed by atoms with Crippen LogP contribution < -0.4 is 10.1 Å². The van der Waals surface area contributed by atoms with Crippen LogP contribution in [-0.2, 0) is 0 Å². The largest absolute Gasteiger partial charge is 0.496 e. The third-order valence-electron chi connectivity index (χ3n) is 2.56. The molecule has 0 saturated heterocycles. The number of aromatic nitrogens is 1. The Morgan fingerprint density at radius 1 is 1.32 bits per heavy atom. The number of nitrogens with zero attached hydrogens (tertiary/aromatic N) is 1. The van der Waals surface area contributed by atoms with E-state index in [4.69, 9.17) is 4.74 Å². The third-order valence-corrected chi connectivity index (χ3v) is 3.06. The van der Waals surface area contributed by atoms with Crippen molar-refractivity contribution in [3.8, 4) is 5.75 Å². The Morgan fingerprint density at radius 2 is 2.11 bits per heavy atom. The highest BCUT2D eigenvalue weighted by Gasteiger charge is 2.13. The molecule has 19 heavy (non-hydrogen) atoms. The summed E-state index contributed by atoms with van der Waals surface area (Å²) >= 11 is 3.33. The van der Waals surface area contributed by atoms with Gasteiger partial charge in [-0.2, -0.15) is 0 Å². The van der Waals surface area contributed by atoms with Crippen molar-refractivity contribution in [1.82, 2.24) is 4.98 Å². The number of hydrogen-bond donors (Lipinski definition) is 1. The van der Waals surface area contributed by atoms with E-state index in [9.17, 15) is 4.79 Å². The van der Waals surface area contributed by atoms with Gasteiger partial charge in [-0.1, -0.05) is 27.6 Å². The number of hydrogen-bond acceptors (Lipinski definition) is 3. The molecule has 4 nitrogen and oxygen atoms in total. The van der Waals surface area contributed by atoms with Crippen LogP contribution in [0.4, 0.5) is 5.82 Å². The van der Waals surface area contributed by atoms with Crippen LogP contribution in [0, 0.1) is 6.92 Å². The van der Waals surface area contributed by atoms with Crippen LogP contribution in [0.1, 0.15) is 15.9 Å². The van der Waals surface area contributed by atoms with Gasteiger partial charge in [-0.15, -0.1) is 0 Å². The molecule has 0 atom stereocenters. The fourth-order valence-corrected chi connectivity index (χ4v) is 1.99. The van der Waals surface area contributed by atoms with E-state index in [2.05, 4.69) is 26.2 Å². The smallest absolute Gasteiger partial charge is 0.260 e. The molecular formula is C14H13BrN2O2. The molecule has 0 aliphatic rings. The summed E-state index contributed by atoms with van der Waals surface area (Å²) in [5.41, 5.74) is 1.48. The molecule has 1 aromatic carbocycles. The van der Waals surface area contributed by atoms with Crippen molar-refractivity contribution < 1.29 is 9.53 Å². The van der Waals surface area contributed by atoms with Crippen LogP contribution >= 0.6 is 15.9 Å². The van der Waals surface area contributed by atoms with Crippen molar-refractivity contribution in [2.45, 2.75) is 6.92 Å². The molecule has 0 fully saturated rings. The number of aryl methyl sites for hydroxylation is 1. The first kappa shape index (κ1) is 13.5. The van der Waals surface area contributed by atoms with Gasteiger partial charge in [0, 0.05) is 10.7 Å². The number of halogens is 1. The van der Waals surface area contributed by atoms with Gasteiger partial charge in [-0.05, 0) is 31.2 Å². The molecule has 1 aromatic heterocycles. The maximum Gasteiger partial charge on any atom is 0.260 e. The van der Waals surface area contributed by atoms with Crippen LogP contribution in [0.3, 0.4) is 0 Å². The average Bonchev–Trinajstić information content (AvgIpc) is 2.38. The van der Waals surface area contributed by atoms with Gasteiger partial charge in [0.1, 0.15) is 11.6 Å². The highest BCUT2D eigenvalue weighted by atomic mass is 79.9. The molecule has 0 bridgehead atoms. The summed E-state index contributed by atoms with van der Waals surface area (Å²) in [7, 11) is 1.54. The van der Waals surface area contributed by atoms with Gasteiger partial charge in [0.2, 0.25) is 0 Å². The molecule has 98 valence electrons. The molecule has 2 aromatic rings. The van der Waals surface area contributed by atoms with E-state index in [1.807, 2.05) is 13.0 Å². The zero-order valence-electron chi connectivity index (χ0n) is 10.6. The highest BCUT2D eigenvalue weighted by molar-refractivity contribution is 9.10. The molecule has 0 saturated carbocycles. The van der Waals surface area contributed by atoms with Gasteiger partial charge in [-0.25, -0.2) is 4.98 Å². The molecule has 0 aliphatic carbocycles. The van der Waals surface area contributed by atoms with Crippen molar-refractivity contribution in [2.75, 3.05) is 12.4 Å². The number of pyridine rings is 1. The number of carbonyl (C=O) groups is 1. The summed E-state index contributed by atoms with van der Waals surface area (Å²) in [4.78, 5) is 16.3. The van der Waals surface area contributed by atoms with E-state index < -0.39 is 0 Å². The van der Waals surface area contributed by atoms with Crippen molar-refractivity contribution >= 4 is 27.7 Å². The van der Waals surface area contributed by atoms with Gasteiger partial charge in [0.05, 0.1) is 12.7 Å². The SMILES string of the molecule is COc1ccc(C)cc1C(=O)Nc1cc(Br)ccn1. The lowest BCUT2D eigenvalue weighted by Gasteiger charge is -2.09. The second-order valence-electron chi connectivity index (χ2n) is 4.02. The highest BCUT2D eigenvalue weighted by Crippen LogP contribution is 2.21. The minimum atomic E-state index is -0.244. The minimum absolute atomic E-state index is 0.244. The first-order chi connectivity index (χ1) is 9.10. The topological polar surface area (TPSA) is 51.2 Å².